The maximum atomic E-state index is 12.3. The third kappa shape index (κ3) is 1.72. The van der Waals surface area contributed by atoms with Crippen LogP contribution in [0.2, 0.25) is 0 Å². The molecule has 128 valence electrons. The van der Waals surface area contributed by atoms with E-state index in [0.29, 0.717) is 33.0 Å². The number of rotatable bonds is 0. The van der Waals surface area contributed by atoms with Gasteiger partial charge >= 0.3 is 0 Å². The lowest BCUT2D eigenvalue weighted by molar-refractivity contribution is -1.27. The van der Waals surface area contributed by atoms with Gasteiger partial charge in [-0.25, -0.2) is 0 Å². The summed E-state index contributed by atoms with van der Waals surface area (Å²) in [6, 6.07) is 0. The zero-order valence-corrected chi connectivity index (χ0v) is 13.4. The molecular weight excluding hydrogens is 320 g/mol. The molecule has 0 fully saturated rings. The predicted molar refractivity (Wildman–Crippen MR) is 81.0 cm³/mol. The van der Waals surface area contributed by atoms with Crippen molar-refractivity contribution in [2.75, 3.05) is 0 Å². The third-order valence-corrected chi connectivity index (χ3v) is 5.06. The molecule has 4 unspecified atom stereocenters. The molecule has 0 bridgehead atoms. The summed E-state index contributed by atoms with van der Waals surface area (Å²) in [5.41, 5.74) is 3.07. The van der Waals surface area contributed by atoms with Crippen LogP contribution in [0.3, 0.4) is 0 Å². The molecule has 2 aromatic rings. The van der Waals surface area contributed by atoms with E-state index >= 15 is 0 Å². The molecule has 4 N–H and O–H groups in total. The van der Waals surface area contributed by atoms with E-state index in [-0.39, 0.29) is 22.7 Å². The van der Waals surface area contributed by atoms with Gasteiger partial charge in [0.1, 0.15) is 10.8 Å². The highest BCUT2D eigenvalue weighted by molar-refractivity contribution is 6.12. The zero-order chi connectivity index (χ0) is 17.5. The molecule has 10 heteroatoms. The van der Waals surface area contributed by atoms with Gasteiger partial charge in [0.25, 0.3) is 0 Å². The molecule has 0 spiro atoms. The predicted octanol–water partition coefficient (Wildman–Crippen LogP) is -2.15. The van der Waals surface area contributed by atoms with Crippen LogP contribution in [0, 0.1) is 48.5 Å². The van der Waals surface area contributed by atoms with E-state index < -0.39 is 20.9 Å². The molecule has 0 saturated heterocycles. The Balaban J connectivity index is 2.35. The summed E-state index contributed by atoms with van der Waals surface area (Å²) < 4.78 is 0. The van der Waals surface area contributed by atoms with Gasteiger partial charge < -0.3 is 20.8 Å². The van der Waals surface area contributed by atoms with Gasteiger partial charge in [0.15, 0.2) is 22.7 Å². The normalized spacial score (nSPS) is 28.5. The van der Waals surface area contributed by atoms with Crippen LogP contribution < -0.4 is 20.9 Å². The number of benzene rings is 2. The lowest BCUT2D eigenvalue weighted by Gasteiger charge is -2.37. The molecule has 2 heterocycles. The van der Waals surface area contributed by atoms with E-state index in [1.165, 1.54) is 0 Å². The van der Waals surface area contributed by atoms with Gasteiger partial charge in [0, 0.05) is 32.1 Å². The van der Waals surface area contributed by atoms with Crippen molar-refractivity contribution in [3.63, 3.8) is 0 Å². The number of nitrogens with one attached hydrogen (secondary N) is 4. The van der Waals surface area contributed by atoms with Gasteiger partial charge in [-0.2, -0.15) is 0 Å². The van der Waals surface area contributed by atoms with Gasteiger partial charge in [0.2, 0.25) is 0 Å². The van der Waals surface area contributed by atoms with E-state index in [0.717, 1.165) is 0 Å². The summed E-state index contributed by atoms with van der Waals surface area (Å²) in [4.78, 5) is 9.76. The molecule has 4 atom stereocenters. The first kappa shape index (κ1) is 15.8. The van der Waals surface area contributed by atoms with E-state index in [9.17, 15) is 20.8 Å². The monoisotopic (exact) mass is 336 g/mol. The fourth-order valence-corrected chi connectivity index (χ4v) is 3.64. The average molecular weight is 336 g/mol. The van der Waals surface area contributed by atoms with E-state index in [1.807, 2.05) is 0 Å². The summed E-state index contributed by atoms with van der Waals surface area (Å²) in [6.45, 7) is 6.72. The third-order valence-electron chi connectivity index (χ3n) is 5.06. The van der Waals surface area contributed by atoms with Crippen molar-refractivity contribution >= 4 is 33.5 Å². The highest BCUT2D eigenvalue weighted by Gasteiger charge is 2.42. The van der Waals surface area contributed by atoms with Crippen LogP contribution in [0.25, 0.3) is 10.8 Å². The Hall–Kier alpha value is -1.70. The Labute approximate surface area is 136 Å². The van der Waals surface area contributed by atoms with Crippen molar-refractivity contribution in [1.82, 2.24) is 0 Å². The first-order chi connectivity index (χ1) is 11.3. The molecule has 2 aromatic carbocycles. The molecule has 0 aliphatic carbocycles. The van der Waals surface area contributed by atoms with E-state index in [4.69, 9.17) is 9.88 Å². The molecule has 4 rings (SSSR count). The van der Waals surface area contributed by atoms with Crippen molar-refractivity contribution in [3.05, 3.63) is 43.1 Å². The maximum Gasteiger partial charge on any atom is 0.186 e. The molecule has 0 amide bonds. The molecule has 0 saturated carbocycles. The van der Waals surface area contributed by atoms with E-state index in [2.05, 4.69) is 0 Å². The van der Waals surface area contributed by atoms with Gasteiger partial charge in [-0.3, -0.25) is 0 Å². The molecule has 0 aromatic heterocycles. The summed E-state index contributed by atoms with van der Waals surface area (Å²) >= 11 is 0. The fourth-order valence-electron chi connectivity index (χ4n) is 3.64. The van der Waals surface area contributed by atoms with Gasteiger partial charge in [-0.15, -0.1) is 20.9 Å². The van der Waals surface area contributed by atoms with Crippen molar-refractivity contribution in [3.8, 4) is 0 Å². The van der Waals surface area contributed by atoms with E-state index in [1.54, 1.807) is 27.7 Å². The van der Waals surface area contributed by atoms with Crippen molar-refractivity contribution in [2.45, 2.75) is 27.7 Å². The lowest BCUT2D eigenvalue weighted by Crippen LogP contribution is -3.23. The average Bonchev–Trinajstić information content (AvgIpc) is 2.49. The molecule has 2 aliphatic heterocycles. The Morgan fingerprint density at radius 2 is 0.708 bits per heavy atom. The summed E-state index contributed by atoms with van der Waals surface area (Å²) in [5.74, 6) is 0. The number of hydrogen-bond acceptors (Lipinski definition) is 6. The van der Waals surface area contributed by atoms with Crippen molar-refractivity contribution in [2.24, 2.45) is 0 Å². The summed E-state index contributed by atoms with van der Waals surface area (Å²) in [5, 5.41) is 46.8. The molecule has 24 heavy (non-hydrogen) atoms. The highest BCUT2D eigenvalue weighted by atomic mass is 17.1. The van der Waals surface area contributed by atoms with Gasteiger partial charge in [-0.05, 0) is 27.7 Å². The van der Waals surface area contributed by atoms with Crippen molar-refractivity contribution in [1.29, 1.82) is 0 Å². The van der Waals surface area contributed by atoms with Crippen LogP contribution in [0.5, 0.6) is 0 Å². The number of quaternary nitrogens is 4. The second-order valence-electron chi connectivity index (χ2n) is 6.10. The first-order valence-electron chi connectivity index (χ1n) is 7.38. The molecule has 10 nitrogen and oxygen atoms in total. The number of hydrogen-bond donors (Lipinski definition) is 4. The van der Waals surface area contributed by atoms with Crippen LogP contribution in [0.4, 0.5) is 22.7 Å². The SMILES string of the molecule is Cc1c(C)c2c3c(c(C)c(C)c4c3c1[NH+]([O-])O[NH+]4[O-])[NH+]([O-])O[NH+]2[O-]. The van der Waals surface area contributed by atoms with Crippen LogP contribution in [0.15, 0.2) is 0 Å². The largest absolute Gasteiger partial charge is 0.590 e. The first-order valence-corrected chi connectivity index (χ1v) is 7.38. The minimum absolute atomic E-state index is 0.229. The Morgan fingerprint density at radius 1 is 0.500 bits per heavy atom. The van der Waals surface area contributed by atoms with Crippen LogP contribution in [0.1, 0.15) is 22.3 Å². The van der Waals surface area contributed by atoms with Crippen LogP contribution in [-0.2, 0) is 9.88 Å². The maximum absolute atomic E-state index is 12.3. The van der Waals surface area contributed by atoms with Gasteiger partial charge in [-0.1, -0.05) is 0 Å². The lowest BCUT2D eigenvalue weighted by atomic mass is 9.90. The Bertz CT molecular complexity index is 762. The quantitative estimate of drug-likeness (QED) is 0.406. The summed E-state index contributed by atoms with van der Waals surface area (Å²) in [6.07, 6.45) is 0. The highest BCUT2D eigenvalue weighted by Crippen LogP contribution is 2.44. The second-order valence-corrected chi connectivity index (χ2v) is 6.10. The topological polar surface area (TPSA) is 128 Å². The molecular formula is C14H16N4O6. The Kier molecular flexibility index (Phi) is 3.23. The van der Waals surface area contributed by atoms with Crippen LogP contribution >= 0.6 is 0 Å². The Morgan fingerprint density at radius 3 is 0.917 bits per heavy atom. The van der Waals surface area contributed by atoms with Crippen LogP contribution in [-0.4, -0.2) is 0 Å². The second kappa shape index (κ2) is 4.91. The molecule has 0 radical (unpaired) electrons. The standard InChI is InChI=1S/C14H16N4O6/c1-5-6(2)12-10-9-11(5)15(19)23-17(21)13(9)7(3)8(4)14(10)18(22)24-16(12)20/h15-18H,1-4H3. The molecule has 2 aliphatic rings. The fraction of sp³-hybridized carbons (Fsp3) is 0.286. The zero-order valence-electron chi connectivity index (χ0n) is 13.4. The minimum atomic E-state index is -0.764. The smallest absolute Gasteiger partial charge is 0.186 e. The minimum Gasteiger partial charge on any atom is -0.590 e. The van der Waals surface area contributed by atoms with Crippen molar-refractivity contribution < 1.29 is 30.8 Å². The summed E-state index contributed by atoms with van der Waals surface area (Å²) in [7, 11) is 0. The van der Waals surface area contributed by atoms with Gasteiger partial charge in [0.05, 0.1) is 0 Å².